The molecule has 9 aromatic carbocycles. The van der Waals surface area contributed by atoms with Crippen LogP contribution in [0.5, 0.6) is 0 Å². The van der Waals surface area contributed by atoms with Gasteiger partial charge in [0.15, 0.2) is 0 Å². The molecule has 9 aromatic rings. The van der Waals surface area contributed by atoms with Crippen molar-refractivity contribution in [3.05, 3.63) is 246 Å². The summed E-state index contributed by atoms with van der Waals surface area (Å²) in [5.74, 6) is 0. The highest BCUT2D eigenvalue weighted by molar-refractivity contribution is 5.98. The molecule has 0 heterocycles. The molecule has 0 N–H and O–H groups in total. The van der Waals surface area contributed by atoms with Gasteiger partial charge in [0.25, 0.3) is 0 Å². The summed E-state index contributed by atoms with van der Waals surface area (Å²) in [7, 11) is 0. The van der Waals surface area contributed by atoms with E-state index in [9.17, 15) is 0 Å². The summed E-state index contributed by atoms with van der Waals surface area (Å²) in [5, 5.41) is 0. The fraction of sp³-hybridized carbons (Fsp3) is 0.0690. The lowest BCUT2D eigenvalue weighted by Crippen LogP contribution is -2.26. The number of hydrogen-bond donors (Lipinski definition) is 0. The molecule has 0 aromatic heterocycles. The topological polar surface area (TPSA) is 3.24 Å². The lowest BCUT2D eigenvalue weighted by molar-refractivity contribution is 0.660. The zero-order chi connectivity index (χ0) is 39.3. The zero-order valence-electron chi connectivity index (χ0n) is 33.2. The largest absolute Gasteiger partial charge is 0.310 e. The number of benzene rings is 9. The van der Waals surface area contributed by atoms with Gasteiger partial charge in [0, 0.05) is 22.4 Å². The molecule has 0 radical (unpaired) electrons. The first-order valence-corrected chi connectivity index (χ1v) is 20.8. The van der Waals surface area contributed by atoms with Crippen LogP contribution in [0.1, 0.15) is 47.2 Å². The first kappa shape index (κ1) is 33.9. The van der Waals surface area contributed by atoms with Crippen molar-refractivity contribution in [3.8, 4) is 55.6 Å². The lowest BCUT2D eigenvalue weighted by Gasteiger charge is -2.33. The normalized spacial score (nSPS) is 14.2. The number of rotatable bonds is 5. The molecule has 278 valence electrons. The van der Waals surface area contributed by atoms with Crippen molar-refractivity contribution in [1.82, 2.24) is 0 Å². The van der Waals surface area contributed by atoms with Gasteiger partial charge >= 0.3 is 0 Å². The van der Waals surface area contributed by atoms with E-state index in [1.807, 2.05) is 0 Å². The molecular weight excluding hydrogens is 711 g/mol. The first-order valence-electron chi connectivity index (χ1n) is 20.8. The third kappa shape index (κ3) is 4.73. The van der Waals surface area contributed by atoms with Crippen molar-refractivity contribution in [3.63, 3.8) is 0 Å². The van der Waals surface area contributed by atoms with Crippen LogP contribution in [0.15, 0.2) is 212 Å². The third-order valence-corrected chi connectivity index (χ3v) is 13.5. The molecule has 1 spiro atoms. The van der Waals surface area contributed by atoms with Crippen LogP contribution in [0.3, 0.4) is 0 Å². The van der Waals surface area contributed by atoms with Gasteiger partial charge in [-0.15, -0.1) is 0 Å². The monoisotopic (exact) mass is 751 g/mol. The maximum absolute atomic E-state index is 2.52. The molecular formula is C58H41N. The molecule has 0 fully saturated rings. The van der Waals surface area contributed by atoms with E-state index in [1.54, 1.807) is 0 Å². The van der Waals surface area contributed by atoms with Crippen molar-refractivity contribution in [2.45, 2.75) is 24.7 Å². The van der Waals surface area contributed by atoms with E-state index in [4.69, 9.17) is 0 Å². The van der Waals surface area contributed by atoms with E-state index in [1.165, 1.54) is 89.0 Å². The second-order valence-electron chi connectivity index (χ2n) is 16.8. The number of para-hydroxylation sites is 1. The summed E-state index contributed by atoms with van der Waals surface area (Å²) < 4.78 is 0. The fourth-order valence-corrected chi connectivity index (χ4v) is 10.9. The summed E-state index contributed by atoms with van der Waals surface area (Å²) in [6.07, 6.45) is 0. The Bertz CT molecular complexity index is 3090. The summed E-state index contributed by atoms with van der Waals surface area (Å²) in [5.41, 5.74) is 23.6. The quantitative estimate of drug-likeness (QED) is 0.169. The van der Waals surface area contributed by atoms with E-state index < -0.39 is 5.41 Å². The molecule has 0 saturated heterocycles. The summed E-state index contributed by atoms with van der Waals surface area (Å²) in [6.45, 7) is 4.75. The number of fused-ring (bicyclic) bond motifs is 13. The molecule has 0 atom stereocenters. The minimum absolute atomic E-state index is 0.141. The Kier molecular flexibility index (Phi) is 7.26. The lowest BCUT2D eigenvalue weighted by atomic mass is 9.70. The Balaban J connectivity index is 1.12. The van der Waals surface area contributed by atoms with Crippen LogP contribution in [0.2, 0.25) is 0 Å². The third-order valence-electron chi connectivity index (χ3n) is 13.5. The van der Waals surface area contributed by atoms with Crippen molar-refractivity contribution >= 4 is 17.1 Å². The molecule has 0 aliphatic heterocycles. The van der Waals surface area contributed by atoms with Gasteiger partial charge < -0.3 is 4.90 Å². The van der Waals surface area contributed by atoms with Crippen LogP contribution in [0, 0.1) is 0 Å². The molecule has 0 unspecified atom stereocenters. The average Bonchev–Trinajstić information content (AvgIpc) is 3.85. The molecule has 3 aliphatic carbocycles. The van der Waals surface area contributed by atoms with Gasteiger partial charge in [-0.3, -0.25) is 0 Å². The molecule has 0 amide bonds. The number of nitrogens with zero attached hydrogens (tertiary/aromatic N) is 1. The standard InChI is InChI=1S/C58H41N/c1-57(2)50-26-11-6-22-44(50)48-33-31-41(36-54(48)57)59(56-30-15-10-21-43(56)40-20-16-19-39(35-40)38-17-4-3-5-18-38)42-32-34-49-47-25-9-14-29-53(47)58(55(49)37-42)51-27-12-7-23-45(51)46-24-8-13-28-52(46)58/h3-37H,1-2H3. The highest BCUT2D eigenvalue weighted by Crippen LogP contribution is 2.63. The van der Waals surface area contributed by atoms with Crippen LogP contribution < -0.4 is 4.90 Å². The van der Waals surface area contributed by atoms with Crippen LogP contribution in [-0.4, -0.2) is 0 Å². The van der Waals surface area contributed by atoms with Crippen molar-refractivity contribution in [2.24, 2.45) is 0 Å². The van der Waals surface area contributed by atoms with E-state index in [0.717, 1.165) is 17.1 Å². The maximum atomic E-state index is 2.52. The molecule has 12 rings (SSSR count). The molecule has 59 heavy (non-hydrogen) atoms. The zero-order valence-corrected chi connectivity index (χ0v) is 33.2. The molecule has 1 nitrogen and oxygen atoms in total. The Morgan fingerprint density at radius 2 is 0.712 bits per heavy atom. The highest BCUT2D eigenvalue weighted by atomic mass is 15.1. The highest BCUT2D eigenvalue weighted by Gasteiger charge is 2.51. The van der Waals surface area contributed by atoms with Crippen LogP contribution >= 0.6 is 0 Å². The van der Waals surface area contributed by atoms with Crippen molar-refractivity contribution < 1.29 is 0 Å². The summed E-state index contributed by atoms with van der Waals surface area (Å²) in [4.78, 5) is 2.52. The van der Waals surface area contributed by atoms with Crippen molar-refractivity contribution in [1.29, 1.82) is 0 Å². The van der Waals surface area contributed by atoms with Crippen LogP contribution in [-0.2, 0) is 10.8 Å². The Labute approximate surface area is 346 Å². The van der Waals surface area contributed by atoms with E-state index in [0.29, 0.717) is 0 Å². The van der Waals surface area contributed by atoms with Gasteiger partial charge in [-0.05, 0) is 120 Å². The van der Waals surface area contributed by atoms with Gasteiger partial charge in [0.05, 0.1) is 11.1 Å². The smallest absolute Gasteiger partial charge is 0.0726 e. The van der Waals surface area contributed by atoms with Gasteiger partial charge in [-0.2, -0.15) is 0 Å². The van der Waals surface area contributed by atoms with Gasteiger partial charge in [0.2, 0.25) is 0 Å². The van der Waals surface area contributed by atoms with Gasteiger partial charge in [0.1, 0.15) is 0 Å². The summed E-state index contributed by atoms with van der Waals surface area (Å²) in [6, 6.07) is 79.2. The minimum Gasteiger partial charge on any atom is -0.310 e. The second kappa shape index (κ2) is 12.6. The van der Waals surface area contributed by atoms with E-state index >= 15 is 0 Å². The second-order valence-corrected chi connectivity index (χ2v) is 16.8. The van der Waals surface area contributed by atoms with E-state index in [-0.39, 0.29) is 5.41 Å². The Morgan fingerprint density at radius 1 is 0.288 bits per heavy atom. The first-order chi connectivity index (χ1) is 29.0. The SMILES string of the molecule is CC1(C)c2ccccc2-c2ccc(N(c3ccc4c(c3)C3(c5ccccc5-c5ccccc53)c3ccccc3-4)c3ccccc3-c3cccc(-c4ccccc4)c3)cc21. The molecule has 3 aliphatic rings. The molecule has 0 saturated carbocycles. The Hall–Kier alpha value is -7.22. The van der Waals surface area contributed by atoms with Gasteiger partial charge in [-0.25, -0.2) is 0 Å². The number of hydrogen-bond acceptors (Lipinski definition) is 1. The average molecular weight is 752 g/mol. The minimum atomic E-state index is -0.439. The van der Waals surface area contributed by atoms with Crippen molar-refractivity contribution in [2.75, 3.05) is 4.90 Å². The number of anilines is 3. The van der Waals surface area contributed by atoms with Crippen LogP contribution in [0.4, 0.5) is 17.1 Å². The predicted molar refractivity (Wildman–Crippen MR) is 246 cm³/mol. The predicted octanol–water partition coefficient (Wildman–Crippen LogP) is 15.1. The van der Waals surface area contributed by atoms with Crippen LogP contribution in [0.25, 0.3) is 55.6 Å². The van der Waals surface area contributed by atoms with Gasteiger partial charge in [-0.1, -0.05) is 190 Å². The molecule has 1 heteroatoms. The Morgan fingerprint density at radius 3 is 1.32 bits per heavy atom. The summed E-state index contributed by atoms with van der Waals surface area (Å²) >= 11 is 0. The maximum Gasteiger partial charge on any atom is 0.0726 e. The van der Waals surface area contributed by atoms with E-state index in [2.05, 4.69) is 231 Å². The fourth-order valence-electron chi connectivity index (χ4n) is 10.9. The molecule has 0 bridgehead atoms.